The minimum Gasteiger partial charge on any atom is -0.342 e. The molecule has 1 amide bonds. The van der Waals surface area contributed by atoms with E-state index < -0.39 is 0 Å². The minimum absolute atomic E-state index is 0.0197. The van der Waals surface area contributed by atoms with Crippen molar-refractivity contribution in [3.05, 3.63) is 90.0 Å². The minimum atomic E-state index is 0.0197. The number of amides is 1. The van der Waals surface area contributed by atoms with Gasteiger partial charge in [-0.05, 0) is 60.4 Å². The van der Waals surface area contributed by atoms with E-state index in [-0.39, 0.29) is 5.91 Å². The Morgan fingerprint density at radius 3 is 2.61 bits per heavy atom. The molecule has 28 heavy (non-hydrogen) atoms. The highest BCUT2D eigenvalue weighted by atomic mass is 16.1. The Labute approximate surface area is 163 Å². The van der Waals surface area contributed by atoms with Gasteiger partial charge in [0.1, 0.15) is 5.82 Å². The molecular weight excluding hydrogens is 348 g/mol. The molecule has 0 saturated heterocycles. The molecule has 140 valence electrons. The number of carbonyl (C=O) groups is 1. The van der Waals surface area contributed by atoms with Gasteiger partial charge < -0.3 is 10.3 Å². The largest absolute Gasteiger partial charge is 0.342 e. The summed E-state index contributed by atoms with van der Waals surface area (Å²) < 4.78 is 0. The number of fused-ring (bicyclic) bond motifs is 1. The van der Waals surface area contributed by atoms with E-state index >= 15 is 0 Å². The first-order valence-electron chi connectivity index (χ1n) is 9.47. The number of anilines is 1. The van der Waals surface area contributed by atoms with Crippen LogP contribution in [0.3, 0.4) is 0 Å². The van der Waals surface area contributed by atoms with Crippen molar-refractivity contribution >= 4 is 22.6 Å². The Balaban J connectivity index is 1.32. The van der Waals surface area contributed by atoms with Crippen LogP contribution in [0, 0.1) is 0 Å². The van der Waals surface area contributed by atoms with E-state index in [2.05, 4.69) is 26.3 Å². The van der Waals surface area contributed by atoms with Gasteiger partial charge in [0, 0.05) is 30.9 Å². The predicted molar refractivity (Wildman–Crippen MR) is 111 cm³/mol. The van der Waals surface area contributed by atoms with Crippen molar-refractivity contribution in [2.45, 2.75) is 25.7 Å². The van der Waals surface area contributed by atoms with Crippen LogP contribution in [-0.4, -0.2) is 20.9 Å². The predicted octanol–water partition coefficient (Wildman–Crippen LogP) is 4.31. The van der Waals surface area contributed by atoms with Crippen molar-refractivity contribution in [3.8, 4) is 0 Å². The maximum absolute atomic E-state index is 12.2. The second kappa shape index (κ2) is 8.48. The summed E-state index contributed by atoms with van der Waals surface area (Å²) in [6.45, 7) is 0. The number of hydrogen-bond acceptors (Lipinski definition) is 3. The highest BCUT2D eigenvalue weighted by molar-refractivity contribution is 5.90. The summed E-state index contributed by atoms with van der Waals surface area (Å²) in [5, 5.41) is 2.99. The number of H-pyrrole nitrogens is 1. The van der Waals surface area contributed by atoms with Gasteiger partial charge in [0.15, 0.2) is 0 Å². The Morgan fingerprint density at radius 2 is 1.75 bits per heavy atom. The van der Waals surface area contributed by atoms with Crippen LogP contribution >= 0.6 is 0 Å². The second-order valence-electron chi connectivity index (χ2n) is 6.80. The molecule has 4 rings (SSSR count). The summed E-state index contributed by atoms with van der Waals surface area (Å²) in [7, 11) is 0. The molecule has 5 heteroatoms. The van der Waals surface area contributed by atoms with Crippen molar-refractivity contribution < 1.29 is 4.79 Å². The maximum atomic E-state index is 12.2. The van der Waals surface area contributed by atoms with Crippen molar-refractivity contribution in [3.63, 3.8) is 0 Å². The number of nitrogens with zero attached hydrogens (tertiary/aromatic N) is 2. The zero-order chi connectivity index (χ0) is 19.2. The first-order chi connectivity index (χ1) is 13.8. The first-order valence-corrected chi connectivity index (χ1v) is 9.47. The van der Waals surface area contributed by atoms with E-state index in [4.69, 9.17) is 0 Å². The van der Waals surface area contributed by atoms with Crippen LogP contribution in [0.25, 0.3) is 11.0 Å². The molecule has 0 radical (unpaired) electrons. The van der Waals surface area contributed by atoms with Crippen molar-refractivity contribution in [1.82, 2.24) is 15.0 Å². The van der Waals surface area contributed by atoms with Crippen LogP contribution in [-0.2, 0) is 24.1 Å². The molecule has 2 N–H and O–H groups in total. The third-order valence-electron chi connectivity index (χ3n) is 4.69. The SMILES string of the molecule is O=C(CCc1ccncc1)Nc1cccc(CCc2nc3ccccc3[nH]2)c1. The van der Waals surface area contributed by atoms with Gasteiger partial charge in [-0.3, -0.25) is 9.78 Å². The smallest absolute Gasteiger partial charge is 0.224 e. The number of para-hydroxylation sites is 2. The van der Waals surface area contributed by atoms with Gasteiger partial charge in [0.25, 0.3) is 0 Å². The number of rotatable bonds is 7. The summed E-state index contributed by atoms with van der Waals surface area (Å²) in [6.07, 6.45) is 6.35. The molecular formula is C23H22N4O. The average molecular weight is 370 g/mol. The van der Waals surface area contributed by atoms with Gasteiger partial charge in [-0.25, -0.2) is 4.98 Å². The molecule has 2 aromatic heterocycles. The third kappa shape index (κ3) is 4.62. The first kappa shape index (κ1) is 17.9. The van der Waals surface area contributed by atoms with E-state index in [0.29, 0.717) is 12.8 Å². The molecule has 0 aliphatic heterocycles. The summed E-state index contributed by atoms with van der Waals surface area (Å²) in [4.78, 5) is 24.2. The zero-order valence-electron chi connectivity index (χ0n) is 15.6. The number of hydrogen-bond donors (Lipinski definition) is 2. The van der Waals surface area contributed by atoms with Gasteiger partial charge >= 0.3 is 0 Å². The summed E-state index contributed by atoms with van der Waals surface area (Å²) in [6, 6.07) is 19.9. The lowest BCUT2D eigenvalue weighted by Gasteiger charge is -2.07. The molecule has 0 unspecified atom stereocenters. The van der Waals surface area contributed by atoms with Gasteiger partial charge in [0.05, 0.1) is 11.0 Å². The molecule has 0 fully saturated rings. The maximum Gasteiger partial charge on any atom is 0.224 e. The monoisotopic (exact) mass is 370 g/mol. The van der Waals surface area contributed by atoms with Crippen LogP contribution in [0.1, 0.15) is 23.4 Å². The summed E-state index contributed by atoms with van der Waals surface area (Å²) >= 11 is 0. The lowest BCUT2D eigenvalue weighted by atomic mass is 10.1. The van der Waals surface area contributed by atoms with Crippen LogP contribution < -0.4 is 5.32 Å². The van der Waals surface area contributed by atoms with E-state index in [1.807, 2.05) is 54.6 Å². The number of imidazole rings is 1. The fraction of sp³-hybridized carbons (Fsp3) is 0.174. The number of aromatic amines is 1. The topological polar surface area (TPSA) is 70.7 Å². The Morgan fingerprint density at radius 1 is 0.893 bits per heavy atom. The van der Waals surface area contributed by atoms with Crippen molar-refractivity contribution in [2.75, 3.05) is 5.32 Å². The zero-order valence-corrected chi connectivity index (χ0v) is 15.6. The molecule has 0 spiro atoms. The van der Waals surface area contributed by atoms with E-state index in [0.717, 1.165) is 41.0 Å². The van der Waals surface area contributed by atoms with Crippen molar-refractivity contribution in [2.24, 2.45) is 0 Å². The number of carbonyl (C=O) groups excluding carboxylic acids is 1. The lowest BCUT2D eigenvalue weighted by Crippen LogP contribution is -2.12. The quantitative estimate of drug-likeness (QED) is 0.509. The average Bonchev–Trinajstić information content (AvgIpc) is 3.15. The molecule has 0 saturated carbocycles. The Kier molecular flexibility index (Phi) is 5.43. The standard InChI is InChI=1S/C23H22N4O/c28-23(11-9-17-12-14-24-15-13-17)25-19-5-3-4-18(16-19)8-10-22-26-20-6-1-2-7-21(20)27-22/h1-7,12-16H,8-11H2,(H,25,28)(H,26,27). The lowest BCUT2D eigenvalue weighted by molar-refractivity contribution is -0.116. The highest BCUT2D eigenvalue weighted by Crippen LogP contribution is 2.15. The number of nitrogens with one attached hydrogen (secondary N) is 2. The van der Waals surface area contributed by atoms with Crippen LogP contribution in [0.4, 0.5) is 5.69 Å². The molecule has 0 aliphatic carbocycles. The number of aromatic nitrogens is 3. The fourth-order valence-corrected chi connectivity index (χ4v) is 3.22. The van der Waals surface area contributed by atoms with E-state index in [1.165, 1.54) is 5.56 Å². The fourth-order valence-electron chi connectivity index (χ4n) is 3.22. The van der Waals surface area contributed by atoms with Crippen molar-refractivity contribution in [1.29, 1.82) is 0 Å². The van der Waals surface area contributed by atoms with Crippen LogP contribution in [0.5, 0.6) is 0 Å². The van der Waals surface area contributed by atoms with E-state index in [9.17, 15) is 4.79 Å². The highest BCUT2D eigenvalue weighted by Gasteiger charge is 2.06. The van der Waals surface area contributed by atoms with E-state index in [1.54, 1.807) is 12.4 Å². The van der Waals surface area contributed by atoms with Gasteiger partial charge in [-0.1, -0.05) is 24.3 Å². The molecule has 2 aromatic carbocycles. The molecule has 2 heterocycles. The number of pyridine rings is 1. The van der Waals surface area contributed by atoms with Crippen LogP contribution in [0.2, 0.25) is 0 Å². The summed E-state index contributed by atoms with van der Waals surface area (Å²) in [5.41, 5.74) is 5.18. The number of aryl methyl sites for hydroxylation is 3. The Hall–Kier alpha value is -3.47. The van der Waals surface area contributed by atoms with Gasteiger partial charge in [0.2, 0.25) is 5.91 Å². The van der Waals surface area contributed by atoms with Gasteiger partial charge in [-0.15, -0.1) is 0 Å². The third-order valence-corrected chi connectivity index (χ3v) is 4.69. The van der Waals surface area contributed by atoms with Gasteiger partial charge in [-0.2, -0.15) is 0 Å². The summed E-state index contributed by atoms with van der Waals surface area (Å²) in [5.74, 6) is 0.999. The molecule has 0 atom stereocenters. The number of benzene rings is 2. The normalized spacial score (nSPS) is 10.9. The molecule has 0 aliphatic rings. The van der Waals surface area contributed by atoms with Crippen LogP contribution in [0.15, 0.2) is 73.1 Å². The second-order valence-corrected chi connectivity index (χ2v) is 6.80. The molecule has 5 nitrogen and oxygen atoms in total. The Bertz CT molecular complexity index is 1040. The molecule has 4 aromatic rings. The molecule has 0 bridgehead atoms.